The zero-order valence-electron chi connectivity index (χ0n) is 10.0. The zero-order valence-corrected chi connectivity index (χ0v) is 10.0. The average Bonchev–Trinajstić information content (AvgIpc) is 2.39. The first-order chi connectivity index (χ1) is 9.04. The van der Waals surface area contributed by atoms with Crippen LogP contribution in [-0.4, -0.2) is 29.4 Å². The second kappa shape index (κ2) is 4.85. The summed E-state index contributed by atoms with van der Waals surface area (Å²) in [7, 11) is 1.24. The van der Waals surface area contributed by atoms with Crippen LogP contribution in [0.3, 0.4) is 0 Å². The normalized spacial score (nSPS) is 10.2. The number of anilines is 1. The number of hydrogen-bond acceptors (Lipinski definition) is 4. The standard InChI is InChI=1S/C13H11NO5/c1-19-13(18)14-10-4-2-3-8-7(10)5-6-9(11(8)15)12(16)17/h2-6,15H,1H3,(H,14,18)(H,16,17). The van der Waals surface area contributed by atoms with Gasteiger partial charge in [-0.2, -0.15) is 0 Å². The van der Waals surface area contributed by atoms with E-state index in [1.54, 1.807) is 18.2 Å². The average molecular weight is 261 g/mol. The molecule has 2 rings (SSSR count). The Kier molecular flexibility index (Phi) is 3.24. The van der Waals surface area contributed by atoms with Crippen LogP contribution in [0.25, 0.3) is 10.8 Å². The minimum atomic E-state index is -1.22. The summed E-state index contributed by atoms with van der Waals surface area (Å²) >= 11 is 0. The van der Waals surface area contributed by atoms with Crippen molar-refractivity contribution in [2.45, 2.75) is 0 Å². The minimum Gasteiger partial charge on any atom is -0.506 e. The Bertz CT molecular complexity index is 665. The SMILES string of the molecule is COC(=O)Nc1cccc2c(O)c(C(=O)O)ccc12. The Morgan fingerprint density at radius 3 is 2.53 bits per heavy atom. The molecule has 0 aliphatic rings. The van der Waals surface area contributed by atoms with Crippen molar-refractivity contribution >= 4 is 28.5 Å². The molecule has 0 fully saturated rings. The first kappa shape index (κ1) is 12.7. The highest BCUT2D eigenvalue weighted by molar-refractivity contribution is 6.06. The number of carboxylic acid groups (broad SMARTS) is 1. The molecule has 0 bridgehead atoms. The van der Waals surface area contributed by atoms with Gasteiger partial charge in [0, 0.05) is 10.8 Å². The van der Waals surface area contributed by atoms with E-state index >= 15 is 0 Å². The molecule has 0 radical (unpaired) electrons. The van der Waals surface area contributed by atoms with Crippen molar-refractivity contribution in [2.75, 3.05) is 12.4 Å². The van der Waals surface area contributed by atoms with Gasteiger partial charge in [-0.05, 0) is 12.1 Å². The second-order valence-electron chi connectivity index (χ2n) is 3.78. The molecule has 0 aromatic heterocycles. The van der Waals surface area contributed by atoms with E-state index in [1.807, 2.05) is 0 Å². The van der Waals surface area contributed by atoms with Crippen LogP contribution in [0.5, 0.6) is 5.75 Å². The molecule has 0 unspecified atom stereocenters. The molecular weight excluding hydrogens is 250 g/mol. The fourth-order valence-electron chi connectivity index (χ4n) is 1.78. The van der Waals surface area contributed by atoms with E-state index in [2.05, 4.69) is 10.1 Å². The van der Waals surface area contributed by atoms with Crippen LogP contribution in [0.2, 0.25) is 0 Å². The highest BCUT2D eigenvalue weighted by Crippen LogP contribution is 2.33. The maximum atomic E-state index is 11.2. The van der Waals surface area contributed by atoms with Gasteiger partial charge in [0.15, 0.2) is 0 Å². The number of hydrogen-bond donors (Lipinski definition) is 3. The van der Waals surface area contributed by atoms with Crippen LogP contribution < -0.4 is 5.32 Å². The fraction of sp³-hybridized carbons (Fsp3) is 0.0769. The second-order valence-corrected chi connectivity index (χ2v) is 3.78. The summed E-state index contributed by atoms with van der Waals surface area (Å²) in [6.45, 7) is 0. The summed E-state index contributed by atoms with van der Waals surface area (Å²) in [6.07, 6.45) is -0.644. The number of carboxylic acids is 1. The third-order valence-electron chi connectivity index (χ3n) is 2.69. The first-order valence-corrected chi connectivity index (χ1v) is 5.37. The van der Waals surface area contributed by atoms with Crippen molar-refractivity contribution in [2.24, 2.45) is 0 Å². The predicted octanol–water partition coefficient (Wildman–Crippen LogP) is 2.42. The topological polar surface area (TPSA) is 95.9 Å². The minimum absolute atomic E-state index is 0.192. The van der Waals surface area contributed by atoms with Gasteiger partial charge >= 0.3 is 12.1 Å². The zero-order chi connectivity index (χ0) is 14.0. The molecule has 3 N–H and O–H groups in total. The summed E-state index contributed by atoms with van der Waals surface area (Å²) in [6, 6.07) is 7.59. The number of aromatic hydroxyl groups is 1. The highest BCUT2D eigenvalue weighted by Gasteiger charge is 2.14. The summed E-state index contributed by atoms with van der Waals surface area (Å²) in [5.74, 6) is -1.55. The van der Waals surface area contributed by atoms with Crippen molar-refractivity contribution in [1.82, 2.24) is 0 Å². The number of methoxy groups -OCH3 is 1. The number of benzene rings is 2. The van der Waals surface area contributed by atoms with E-state index in [4.69, 9.17) is 5.11 Å². The quantitative estimate of drug-likeness (QED) is 0.771. The third-order valence-corrected chi connectivity index (χ3v) is 2.69. The van der Waals surface area contributed by atoms with E-state index in [0.717, 1.165) is 0 Å². The molecule has 6 heteroatoms. The van der Waals surface area contributed by atoms with Crippen LogP contribution in [0, 0.1) is 0 Å². The number of nitrogens with one attached hydrogen (secondary N) is 1. The lowest BCUT2D eigenvalue weighted by molar-refractivity contribution is 0.0694. The van der Waals surface area contributed by atoms with Crippen molar-refractivity contribution in [1.29, 1.82) is 0 Å². The van der Waals surface area contributed by atoms with Crippen LogP contribution in [0.15, 0.2) is 30.3 Å². The van der Waals surface area contributed by atoms with Gasteiger partial charge in [-0.1, -0.05) is 18.2 Å². The molecule has 0 spiro atoms. The van der Waals surface area contributed by atoms with E-state index < -0.39 is 12.1 Å². The first-order valence-electron chi connectivity index (χ1n) is 5.37. The summed E-state index contributed by atoms with van der Waals surface area (Å²) in [5.41, 5.74) is 0.235. The van der Waals surface area contributed by atoms with E-state index in [-0.39, 0.29) is 11.3 Å². The van der Waals surface area contributed by atoms with Crippen molar-refractivity contribution in [3.63, 3.8) is 0 Å². The van der Waals surface area contributed by atoms with Crippen molar-refractivity contribution in [3.05, 3.63) is 35.9 Å². The van der Waals surface area contributed by atoms with Gasteiger partial charge in [-0.15, -0.1) is 0 Å². The number of carbonyl (C=O) groups is 2. The molecule has 2 aromatic carbocycles. The van der Waals surface area contributed by atoms with Gasteiger partial charge in [0.25, 0.3) is 0 Å². The monoisotopic (exact) mass is 261 g/mol. The van der Waals surface area contributed by atoms with Crippen LogP contribution in [0.4, 0.5) is 10.5 Å². The fourth-order valence-corrected chi connectivity index (χ4v) is 1.78. The predicted molar refractivity (Wildman–Crippen MR) is 68.6 cm³/mol. The number of fused-ring (bicyclic) bond motifs is 1. The smallest absolute Gasteiger partial charge is 0.411 e. The molecule has 1 amide bonds. The third kappa shape index (κ3) is 2.28. The molecule has 98 valence electrons. The van der Waals surface area contributed by atoms with Gasteiger partial charge in [0.1, 0.15) is 11.3 Å². The van der Waals surface area contributed by atoms with Crippen molar-refractivity contribution < 1.29 is 24.5 Å². The van der Waals surface area contributed by atoms with Crippen LogP contribution >= 0.6 is 0 Å². The molecule has 0 saturated heterocycles. The van der Waals surface area contributed by atoms with Gasteiger partial charge in [0.2, 0.25) is 0 Å². The maximum Gasteiger partial charge on any atom is 0.411 e. The van der Waals surface area contributed by atoms with E-state index in [9.17, 15) is 14.7 Å². The molecule has 19 heavy (non-hydrogen) atoms. The van der Waals surface area contributed by atoms with Gasteiger partial charge < -0.3 is 14.9 Å². The Morgan fingerprint density at radius 2 is 1.89 bits per heavy atom. The maximum absolute atomic E-state index is 11.2. The lowest BCUT2D eigenvalue weighted by Crippen LogP contribution is -2.11. The van der Waals surface area contributed by atoms with Gasteiger partial charge in [-0.25, -0.2) is 9.59 Å². The van der Waals surface area contributed by atoms with E-state index in [1.165, 1.54) is 19.2 Å². The number of carbonyl (C=O) groups excluding carboxylic acids is 1. The Labute approximate surface area is 108 Å². The molecule has 0 atom stereocenters. The lowest BCUT2D eigenvalue weighted by atomic mass is 10.0. The summed E-state index contributed by atoms with van der Waals surface area (Å²) < 4.78 is 4.49. The largest absolute Gasteiger partial charge is 0.506 e. The van der Waals surface area contributed by atoms with Gasteiger partial charge in [-0.3, -0.25) is 5.32 Å². The van der Waals surface area contributed by atoms with Crippen LogP contribution in [-0.2, 0) is 4.74 Å². The number of phenols is 1. The molecular formula is C13H11NO5. The van der Waals surface area contributed by atoms with Crippen molar-refractivity contribution in [3.8, 4) is 5.75 Å². The summed E-state index contributed by atoms with van der Waals surface area (Å²) in [4.78, 5) is 22.1. The molecule has 0 heterocycles. The molecule has 0 saturated carbocycles. The number of rotatable bonds is 2. The molecule has 2 aromatic rings. The number of amides is 1. The molecule has 0 aliphatic carbocycles. The summed E-state index contributed by atoms with van der Waals surface area (Å²) in [5, 5.41) is 22.2. The molecule has 0 aliphatic heterocycles. The number of ether oxygens (including phenoxy) is 1. The highest BCUT2D eigenvalue weighted by atomic mass is 16.5. The van der Waals surface area contributed by atoms with Gasteiger partial charge in [0.05, 0.1) is 12.8 Å². The Hall–Kier alpha value is -2.76. The number of aromatic carboxylic acids is 1. The lowest BCUT2D eigenvalue weighted by Gasteiger charge is -2.10. The van der Waals surface area contributed by atoms with Crippen LogP contribution in [0.1, 0.15) is 10.4 Å². The van der Waals surface area contributed by atoms with E-state index in [0.29, 0.717) is 16.5 Å². The Morgan fingerprint density at radius 1 is 1.16 bits per heavy atom. The molecule has 6 nitrogen and oxygen atoms in total. The Balaban J connectivity index is 2.61.